The van der Waals surface area contributed by atoms with E-state index in [1.165, 1.54) is 11.1 Å². The SMILES string of the molecule is CC1(C)OB(c2ccc(-c3nc(-c4cc(-c5ccccc5)cc(-c5ccccc5)c4)c4ccccc4n3)cc2)OC1(C)C.CC1(C)OB(c2ccc(-c3nc(-c4cccnc4)c4ccccc4n3)cc2)OC1(C)C.CC1(C)OB(c2ccc(-c3nc(-c4cnc5ccccc5c4)c4ccccc4n3)cc2)OC1(C)C. The highest BCUT2D eigenvalue weighted by atomic mass is 16.7. The minimum Gasteiger partial charge on any atom is -0.399 e. The minimum absolute atomic E-state index is 0.365. The first-order valence-corrected chi connectivity index (χ1v) is 37.1. The van der Waals surface area contributed by atoms with Crippen LogP contribution in [0.5, 0.6) is 0 Å². The Labute approximate surface area is 637 Å². The number of benzene rings is 10. The topological polar surface area (TPSA) is 159 Å². The van der Waals surface area contributed by atoms with Crippen molar-refractivity contribution in [1.29, 1.82) is 0 Å². The molecule has 8 heterocycles. The van der Waals surface area contributed by atoms with Gasteiger partial charge in [0.2, 0.25) is 0 Å². The maximum absolute atomic E-state index is 6.27. The Balaban J connectivity index is 0.000000126. The standard InChI is InChI=1S/C38H33BN2O2.C29H26BN3O2.C25H24BN3O2/c1-37(2)38(3,4)43-39(42-37)32-21-19-28(20-22-32)36-40-34-18-12-11-17-33(34)35(41-36)31-24-29(26-13-7-5-8-14-26)23-30(25-31)27-15-9-6-10-16-27;1-28(2)29(3,4)35-30(34-28)22-15-13-19(14-16-22)27-32-25-12-8-6-10-23(25)26(33-27)21-17-20-9-5-7-11-24(20)31-18-21;1-24(2)25(3,4)31-26(30-24)19-13-11-17(12-14-19)23-28-21-10-6-5-9-20(21)22(29-23)18-8-7-15-27-16-18/h5-25H,1-4H3;5-18H,1-4H3;5-16H,1-4H3. The van der Waals surface area contributed by atoms with Crippen molar-refractivity contribution in [1.82, 2.24) is 39.9 Å². The summed E-state index contributed by atoms with van der Waals surface area (Å²) in [5.74, 6) is 2.03. The van der Waals surface area contributed by atoms with Crippen molar-refractivity contribution in [2.24, 2.45) is 0 Å². The average molecular weight is 1430 g/mol. The lowest BCUT2D eigenvalue weighted by Gasteiger charge is -2.32. The molecule has 17 heteroatoms. The van der Waals surface area contributed by atoms with Crippen molar-refractivity contribution in [2.45, 2.75) is 117 Å². The van der Waals surface area contributed by atoms with Gasteiger partial charge in [-0.2, -0.15) is 0 Å². The van der Waals surface area contributed by atoms with Crippen LogP contribution in [0.4, 0.5) is 0 Å². The Morgan fingerprint density at radius 2 is 0.550 bits per heavy atom. The lowest BCUT2D eigenvalue weighted by Crippen LogP contribution is -2.41. The predicted molar refractivity (Wildman–Crippen MR) is 442 cm³/mol. The molecule has 14 nitrogen and oxygen atoms in total. The number of para-hydroxylation sites is 4. The Morgan fingerprint density at radius 3 is 0.917 bits per heavy atom. The normalized spacial score (nSPS) is 16.4. The maximum atomic E-state index is 6.27. The quantitative estimate of drug-likeness (QED) is 0.113. The summed E-state index contributed by atoms with van der Waals surface area (Å²) in [7, 11) is -1.20. The second-order valence-corrected chi connectivity index (χ2v) is 31.1. The molecule has 0 spiro atoms. The summed E-state index contributed by atoms with van der Waals surface area (Å²) in [5, 5.41) is 4.11. The molecule has 3 aliphatic heterocycles. The minimum atomic E-state index is -0.413. The Kier molecular flexibility index (Phi) is 19.0. The van der Waals surface area contributed by atoms with Crippen LogP contribution in [-0.2, 0) is 27.9 Å². The van der Waals surface area contributed by atoms with Crippen LogP contribution in [0, 0.1) is 0 Å². The first kappa shape index (κ1) is 72.0. The van der Waals surface area contributed by atoms with Crippen LogP contribution in [0.15, 0.2) is 286 Å². The largest absolute Gasteiger partial charge is 0.494 e. The van der Waals surface area contributed by atoms with Gasteiger partial charge >= 0.3 is 21.4 Å². The van der Waals surface area contributed by atoms with Gasteiger partial charge in [-0.05, 0) is 182 Å². The molecule has 18 rings (SSSR count). The van der Waals surface area contributed by atoms with Gasteiger partial charge in [-0.3, -0.25) is 9.97 Å². The molecule has 109 heavy (non-hydrogen) atoms. The van der Waals surface area contributed by atoms with E-state index in [4.69, 9.17) is 57.8 Å². The van der Waals surface area contributed by atoms with Crippen LogP contribution in [0.3, 0.4) is 0 Å². The number of pyridine rings is 2. The number of rotatable bonds is 11. The maximum Gasteiger partial charge on any atom is 0.494 e. The van der Waals surface area contributed by atoms with Crippen molar-refractivity contribution >= 4 is 81.4 Å². The fourth-order valence-corrected chi connectivity index (χ4v) is 13.6. The fourth-order valence-electron chi connectivity index (χ4n) is 13.6. The molecule has 0 unspecified atom stereocenters. The molecule has 3 aliphatic rings. The Morgan fingerprint density at radius 1 is 0.239 bits per heavy atom. The monoisotopic (exact) mass is 1430 g/mol. The van der Waals surface area contributed by atoms with Crippen LogP contribution >= 0.6 is 0 Å². The van der Waals surface area contributed by atoms with E-state index in [-0.39, 0.29) is 40.7 Å². The number of aromatic nitrogens is 8. The number of hydrogen-bond acceptors (Lipinski definition) is 14. The summed E-state index contributed by atoms with van der Waals surface area (Å²) in [6.07, 6.45) is 5.49. The van der Waals surface area contributed by atoms with Gasteiger partial charge in [-0.1, -0.05) is 206 Å². The molecule has 0 atom stereocenters. The molecule has 536 valence electrons. The number of nitrogens with zero attached hydrogens (tertiary/aromatic N) is 8. The van der Waals surface area contributed by atoms with Crippen molar-refractivity contribution in [3.63, 3.8) is 0 Å². The van der Waals surface area contributed by atoms with E-state index >= 15 is 0 Å². The molecule has 0 saturated carbocycles. The molecule has 0 aliphatic carbocycles. The Bertz CT molecular complexity index is 5750. The lowest BCUT2D eigenvalue weighted by atomic mass is 9.79. The molecular weight excluding hydrogens is 1350 g/mol. The van der Waals surface area contributed by atoms with E-state index in [2.05, 4.69) is 214 Å². The molecular formula is C92H83B3N8O6. The number of hydrogen-bond donors (Lipinski definition) is 0. The van der Waals surface area contributed by atoms with Gasteiger partial charge in [0, 0.05) is 73.5 Å². The summed E-state index contributed by atoms with van der Waals surface area (Å²) >= 11 is 0. The third-order valence-corrected chi connectivity index (χ3v) is 22.1. The van der Waals surface area contributed by atoms with Crippen LogP contribution < -0.4 is 16.4 Å². The van der Waals surface area contributed by atoms with Crippen LogP contribution in [0.1, 0.15) is 83.1 Å². The van der Waals surface area contributed by atoms with Crippen LogP contribution in [0.25, 0.3) is 134 Å². The Hall–Kier alpha value is -11.3. The van der Waals surface area contributed by atoms with Crippen molar-refractivity contribution in [2.75, 3.05) is 0 Å². The zero-order valence-electron chi connectivity index (χ0n) is 63.4. The summed E-state index contributed by atoms with van der Waals surface area (Å²) in [6, 6.07) is 90.8. The van der Waals surface area contributed by atoms with Gasteiger partial charge in [-0.15, -0.1) is 0 Å². The van der Waals surface area contributed by atoms with E-state index in [0.717, 1.165) is 122 Å². The van der Waals surface area contributed by atoms with E-state index in [9.17, 15) is 0 Å². The third-order valence-electron chi connectivity index (χ3n) is 22.1. The zero-order valence-corrected chi connectivity index (χ0v) is 63.4. The van der Waals surface area contributed by atoms with E-state index in [1.807, 2.05) is 158 Å². The summed E-state index contributed by atoms with van der Waals surface area (Å²) < 4.78 is 37.3. The number of fused-ring (bicyclic) bond motifs is 4. The molecule has 5 aromatic heterocycles. The zero-order chi connectivity index (χ0) is 75.5. The average Bonchev–Trinajstić information content (AvgIpc) is 1.35. The van der Waals surface area contributed by atoms with Crippen molar-refractivity contribution in [3.8, 4) is 90.2 Å². The second-order valence-electron chi connectivity index (χ2n) is 31.1. The fraction of sp³-hybridized carbons (Fsp3) is 0.196. The molecule has 15 aromatic rings. The van der Waals surface area contributed by atoms with E-state index in [1.54, 1.807) is 6.20 Å². The molecule has 0 amide bonds. The van der Waals surface area contributed by atoms with Gasteiger partial charge < -0.3 is 27.9 Å². The van der Waals surface area contributed by atoms with Gasteiger partial charge in [0.1, 0.15) is 0 Å². The predicted octanol–water partition coefficient (Wildman–Crippen LogP) is 19.1. The molecule has 3 fully saturated rings. The lowest BCUT2D eigenvalue weighted by molar-refractivity contribution is 0.00578. The first-order chi connectivity index (χ1) is 52.4. The molecule has 0 radical (unpaired) electrons. The van der Waals surface area contributed by atoms with Crippen LogP contribution in [-0.4, -0.2) is 94.8 Å². The molecule has 0 N–H and O–H groups in total. The van der Waals surface area contributed by atoms with Gasteiger partial charge in [0.25, 0.3) is 0 Å². The van der Waals surface area contributed by atoms with Crippen molar-refractivity contribution in [3.05, 3.63) is 286 Å². The highest BCUT2D eigenvalue weighted by Crippen LogP contribution is 2.42. The third kappa shape index (κ3) is 14.5. The second kappa shape index (κ2) is 28.7. The van der Waals surface area contributed by atoms with E-state index in [0.29, 0.717) is 17.5 Å². The van der Waals surface area contributed by atoms with Gasteiger partial charge in [0.05, 0.1) is 72.8 Å². The van der Waals surface area contributed by atoms with Crippen molar-refractivity contribution < 1.29 is 27.9 Å². The van der Waals surface area contributed by atoms with Gasteiger partial charge in [0.15, 0.2) is 17.5 Å². The molecule has 0 bridgehead atoms. The van der Waals surface area contributed by atoms with E-state index < -0.39 is 14.2 Å². The highest BCUT2D eigenvalue weighted by Gasteiger charge is 2.54. The first-order valence-electron chi connectivity index (χ1n) is 37.1. The summed E-state index contributed by atoms with van der Waals surface area (Å²) in [6.45, 7) is 24.8. The summed E-state index contributed by atoms with van der Waals surface area (Å²) in [4.78, 5) is 38.7. The molecule has 3 saturated heterocycles. The smallest absolute Gasteiger partial charge is 0.399 e. The summed E-state index contributed by atoms with van der Waals surface area (Å²) in [5.41, 5.74) is 17.4. The highest BCUT2D eigenvalue weighted by molar-refractivity contribution is 6.63. The molecule has 10 aromatic carbocycles. The van der Waals surface area contributed by atoms with Gasteiger partial charge in [-0.25, -0.2) is 29.9 Å². The van der Waals surface area contributed by atoms with Crippen LogP contribution in [0.2, 0.25) is 0 Å².